The molecule has 2 rings (SSSR count). The fourth-order valence-corrected chi connectivity index (χ4v) is 2.11. The van der Waals surface area contributed by atoms with Gasteiger partial charge >= 0.3 is 12.1 Å². The van der Waals surface area contributed by atoms with Gasteiger partial charge in [0.15, 0.2) is 0 Å². The molecule has 7 heteroatoms. The summed E-state index contributed by atoms with van der Waals surface area (Å²) in [6, 6.07) is 11.5. The highest BCUT2D eigenvalue weighted by atomic mass is 19.4. The topological polar surface area (TPSA) is 66.6 Å². The number of carboxylic acid groups (broad SMARTS) is 1. The van der Waals surface area contributed by atoms with Gasteiger partial charge in [0.2, 0.25) is 0 Å². The van der Waals surface area contributed by atoms with Crippen molar-refractivity contribution < 1.29 is 23.1 Å². The van der Waals surface area contributed by atoms with E-state index in [4.69, 9.17) is 15.6 Å². The van der Waals surface area contributed by atoms with Gasteiger partial charge in [0.1, 0.15) is 0 Å². The lowest BCUT2D eigenvalue weighted by Gasteiger charge is -2.24. The van der Waals surface area contributed by atoms with E-state index in [9.17, 15) is 13.2 Å². The van der Waals surface area contributed by atoms with Gasteiger partial charge in [0.05, 0.1) is 0 Å². The summed E-state index contributed by atoms with van der Waals surface area (Å²) in [6.07, 6.45) is -3.95. The van der Waals surface area contributed by atoms with Crippen molar-refractivity contribution in [3.63, 3.8) is 0 Å². The normalized spacial score (nSPS) is 20.5. The summed E-state index contributed by atoms with van der Waals surface area (Å²) in [7, 11) is 0. The van der Waals surface area contributed by atoms with E-state index in [1.54, 1.807) is 0 Å². The van der Waals surface area contributed by atoms with Gasteiger partial charge in [0.25, 0.3) is 0 Å². The Morgan fingerprint density at radius 1 is 1.38 bits per heavy atom. The number of nitrogens with zero attached hydrogens (tertiary/aromatic N) is 1. The first-order chi connectivity index (χ1) is 9.71. The zero-order chi connectivity index (χ0) is 16.0. The molecular weight excluding hydrogens is 285 g/mol. The van der Waals surface area contributed by atoms with Crippen molar-refractivity contribution in [1.82, 2.24) is 4.90 Å². The number of halogens is 3. The van der Waals surface area contributed by atoms with Crippen molar-refractivity contribution in [3.8, 4) is 0 Å². The number of alkyl halides is 3. The van der Waals surface area contributed by atoms with Crippen LogP contribution >= 0.6 is 0 Å². The summed E-state index contributed by atoms with van der Waals surface area (Å²) >= 11 is 0. The van der Waals surface area contributed by atoms with Crippen molar-refractivity contribution in [2.24, 2.45) is 5.73 Å². The molecule has 0 aliphatic carbocycles. The molecule has 1 aromatic carbocycles. The molecule has 0 amide bonds. The molecule has 0 bridgehead atoms. The third kappa shape index (κ3) is 5.73. The molecule has 4 nitrogen and oxygen atoms in total. The number of rotatable bonds is 2. The largest absolute Gasteiger partial charge is 0.490 e. The monoisotopic (exact) mass is 304 g/mol. The van der Waals surface area contributed by atoms with Crippen molar-refractivity contribution in [2.75, 3.05) is 13.1 Å². The van der Waals surface area contributed by atoms with Crippen molar-refractivity contribution >= 4 is 5.97 Å². The minimum Gasteiger partial charge on any atom is -0.475 e. The summed E-state index contributed by atoms with van der Waals surface area (Å²) < 4.78 is 31.7. The maximum atomic E-state index is 10.6. The minimum atomic E-state index is -5.08. The molecule has 21 heavy (non-hydrogen) atoms. The number of nitrogens with two attached hydrogens (primary N) is 1. The van der Waals surface area contributed by atoms with Crippen LogP contribution in [-0.4, -0.2) is 41.3 Å². The Hall–Kier alpha value is -1.60. The lowest BCUT2D eigenvalue weighted by molar-refractivity contribution is -0.192. The van der Waals surface area contributed by atoms with Crippen LogP contribution in [0.5, 0.6) is 0 Å². The number of hydrogen-bond donors (Lipinski definition) is 2. The van der Waals surface area contributed by atoms with Crippen LogP contribution in [0.1, 0.15) is 24.9 Å². The highest BCUT2D eigenvalue weighted by Gasteiger charge is 2.38. The van der Waals surface area contributed by atoms with Gasteiger partial charge in [-0.3, -0.25) is 4.90 Å². The first-order valence-corrected chi connectivity index (χ1v) is 6.56. The first kappa shape index (κ1) is 17.5. The lowest BCUT2D eigenvalue weighted by Crippen LogP contribution is -2.28. The maximum absolute atomic E-state index is 10.6. The molecule has 0 unspecified atom stereocenters. The van der Waals surface area contributed by atoms with E-state index in [0.717, 1.165) is 19.5 Å². The zero-order valence-corrected chi connectivity index (χ0v) is 11.7. The first-order valence-electron chi connectivity index (χ1n) is 6.56. The van der Waals surface area contributed by atoms with E-state index in [2.05, 4.69) is 42.2 Å². The predicted molar refractivity (Wildman–Crippen MR) is 72.7 cm³/mol. The summed E-state index contributed by atoms with van der Waals surface area (Å²) in [4.78, 5) is 11.4. The molecule has 1 heterocycles. The maximum Gasteiger partial charge on any atom is 0.490 e. The van der Waals surface area contributed by atoms with Crippen LogP contribution in [0.2, 0.25) is 0 Å². The number of benzene rings is 1. The Labute approximate surface area is 121 Å². The molecule has 1 aliphatic heterocycles. The Morgan fingerprint density at radius 2 is 1.90 bits per heavy atom. The summed E-state index contributed by atoms with van der Waals surface area (Å²) in [5.74, 6) is -2.76. The van der Waals surface area contributed by atoms with Crippen LogP contribution in [0.15, 0.2) is 30.3 Å². The zero-order valence-electron chi connectivity index (χ0n) is 11.7. The van der Waals surface area contributed by atoms with Crippen LogP contribution in [0.25, 0.3) is 0 Å². The highest BCUT2D eigenvalue weighted by Crippen LogP contribution is 2.23. The van der Waals surface area contributed by atoms with Crippen LogP contribution in [0, 0.1) is 0 Å². The molecular formula is C14H19F3N2O2. The lowest BCUT2D eigenvalue weighted by atomic mass is 10.1. The van der Waals surface area contributed by atoms with Gasteiger partial charge in [0, 0.05) is 25.2 Å². The van der Waals surface area contributed by atoms with Crippen molar-refractivity contribution in [1.29, 1.82) is 0 Å². The number of likely N-dealkylation sites (tertiary alicyclic amines) is 1. The van der Waals surface area contributed by atoms with Gasteiger partial charge in [-0.1, -0.05) is 30.3 Å². The molecule has 0 saturated carbocycles. The average molecular weight is 304 g/mol. The summed E-state index contributed by atoms with van der Waals surface area (Å²) in [6.45, 7) is 4.43. The molecule has 3 N–H and O–H groups in total. The van der Waals surface area contributed by atoms with Crippen LogP contribution in [0.3, 0.4) is 0 Å². The standard InChI is InChI=1S/C12H18N2.C2HF3O2/c1-10(11-5-3-2-4-6-11)14-8-7-12(13)9-14;3-2(4,5)1(6)7/h2-6,10,12H,7-9,13H2,1H3;(H,6,7)/t10-,12+;/m1./s1. The molecule has 118 valence electrons. The second kappa shape index (κ2) is 7.42. The summed E-state index contributed by atoms with van der Waals surface area (Å²) in [5.41, 5.74) is 7.29. The van der Waals surface area contributed by atoms with Gasteiger partial charge in [-0.2, -0.15) is 13.2 Å². The van der Waals surface area contributed by atoms with E-state index in [1.165, 1.54) is 5.56 Å². The van der Waals surface area contributed by atoms with Gasteiger partial charge < -0.3 is 10.8 Å². The molecule has 1 aliphatic rings. The third-order valence-corrected chi connectivity index (χ3v) is 3.33. The van der Waals surface area contributed by atoms with E-state index in [0.29, 0.717) is 12.1 Å². The molecule has 2 atom stereocenters. The Balaban J connectivity index is 0.000000270. The fraction of sp³-hybridized carbons (Fsp3) is 0.500. The van der Waals surface area contributed by atoms with E-state index < -0.39 is 12.1 Å². The molecule has 0 aromatic heterocycles. The number of aliphatic carboxylic acids is 1. The number of carbonyl (C=O) groups is 1. The summed E-state index contributed by atoms with van der Waals surface area (Å²) in [5, 5.41) is 7.12. The second-order valence-electron chi connectivity index (χ2n) is 4.93. The highest BCUT2D eigenvalue weighted by molar-refractivity contribution is 5.73. The molecule has 1 aromatic rings. The average Bonchev–Trinajstić information content (AvgIpc) is 2.85. The second-order valence-corrected chi connectivity index (χ2v) is 4.93. The number of carboxylic acids is 1. The smallest absolute Gasteiger partial charge is 0.475 e. The van der Waals surface area contributed by atoms with Gasteiger partial charge in [-0.25, -0.2) is 4.79 Å². The third-order valence-electron chi connectivity index (χ3n) is 3.33. The molecule has 1 saturated heterocycles. The minimum absolute atomic E-state index is 0.376. The van der Waals surface area contributed by atoms with Crippen molar-refractivity contribution in [3.05, 3.63) is 35.9 Å². The molecule has 0 spiro atoms. The quantitative estimate of drug-likeness (QED) is 0.880. The van der Waals surface area contributed by atoms with E-state index in [-0.39, 0.29) is 0 Å². The molecule has 0 radical (unpaired) electrons. The van der Waals surface area contributed by atoms with Crippen LogP contribution in [0.4, 0.5) is 13.2 Å². The molecule has 1 fully saturated rings. The van der Waals surface area contributed by atoms with Crippen LogP contribution < -0.4 is 5.73 Å². The van der Waals surface area contributed by atoms with Crippen LogP contribution in [-0.2, 0) is 4.79 Å². The fourth-order valence-electron chi connectivity index (χ4n) is 2.11. The van der Waals surface area contributed by atoms with Gasteiger partial charge in [-0.15, -0.1) is 0 Å². The Morgan fingerprint density at radius 3 is 2.29 bits per heavy atom. The Bertz CT molecular complexity index is 451. The Kier molecular flexibility index (Phi) is 6.17. The number of hydrogen-bond acceptors (Lipinski definition) is 3. The van der Waals surface area contributed by atoms with E-state index in [1.807, 2.05) is 0 Å². The SMILES string of the molecule is C[C@H](c1ccccc1)N1CC[C@H](N)C1.O=C(O)C(F)(F)F. The van der Waals surface area contributed by atoms with Gasteiger partial charge in [-0.05, 0) is 18.9 Å². The van der Waals surface area contributed by atoms with E-state index >= 15 is 0 Å². The predicted octanol–water partition coefficient (Wildman–Crippen LogP) is 2.41. The van der Waals surface area contributed by atoms with Crippen molar-refractivity contribution in [2.45, 2.75) is 31.6 Å².